The van der Waals surface area contributed by atoms with Crippen LogP contribution in [0.15, 0.2) is 29.3 Å². The maximum Gasteiger partial charge on any atom is 0.225 e. The summed E-state index contributed by atoms with van der Waals surface area (Å²) in [5.74, 6) is 1.82. The number of carbonyl (C=O) groups is 1. The van der Waals surface area contributed by atoms with Gasteiger partial charge in [-0.3, -0.25) is 9.79 Å². The number of nitrogens with zero attached hydrogens (tertiary/aromatic N) is 1. The van der Waals surface area contributed by atoms with Crippen LogP contribution in [0.5, 0.6) is 5.75 Å². The number of rotatable bonds is 5. The van der Waals surface area contributed by atoms with E-state index in [1.807, 2.05) is 26.8 Å². The van der Waals surface area contributed by atoms with Crippen LogP contribution in [-0.2, 0) is 4.79 Å². The quantitative estimate of drug-likeness (QED) is 0.232. The van der Waals surface area contributed by atoms with Crippen molar-refractivity contribution in [3.05, 3.63) is 29.8 Å². The molecule has 3 rings (SSSR count). The molecule has 0 saturated heterocycles. The molecule has 1 atom stereocenters. The minimum Gasteiger partial charge on any atom is -0.487 e. The number of fused-ring (bicyclic) bond motifs is 1. The fourth-order valence-electron chi connectivity index (χ4n) is 4.16. The van der Waals surface area contributed by atoms with Crippen LogP contribution in [-0.4, -0.2) is 37.1 Å². The predicted octanol–water partition coefficient (Wildman–Crippen LogP) is 4.16. The average molecular weight is 528 g/mol. The first-order valence-electron chi connectivity index (χ1n) is 10.9. The van der Waals surface area contributed by atoms with Crippen molar-refractivity contribution >= 4 is 35.8 Å². The molecule has 1 aromatic carbocycles. The molecule has 0 aromatic heterocycles. The second-order valence-electron chi connectivity index (χ2n) is 9.20. The summed E-state index contributed by atoms with van der Waals surface area (Å²) in [6, 6.07) is 8.49. The van der Waals surface area contributed by atoms with E-state index < -0.39 is 0 Å². The van der Waals surface area contributed by atoms with E-state index in [-0.39, 0.29) is 46.9 Å². The van der Waals surface area contributed by atoms with Crippen LogP contribution in [0.1, 0.15) is 71.4 Å². The molecule has 1 unspecified atom stereocenters. The van der Waals surface area contributed by atoms with Crippen molar-refractivity contribution in [3.8, 4) is 5.75 Å². The average Bonchev–Trinajstić information content (AvgIpc) is 3.11. The van der Waals surface area contributed by atoms with Gasteiger partial charge in [-0.25, -0.2) is 0 Å². The highest BCUT2D eigenvalue weighted by Crippen LogP contribution is 2.46. The number of hydrogen-bond acceptors (Lipinski definition) is 3. The minimum atomic E-state index is -0.381. The predicted molar refractivity (Wildman–Crippen MR) is 133 cm³/mol. The van der Waals surface area contributed by atoms with Crippen molar-refractivity contribution in [2.24, 2.45) is 10.4 Å². The first-order valence-corrected chi connectivity index (χ1v) is 10.9. The van der Waals surface area contributed by atoms with Gasteiger partial charge in [0.2, 0.25) is 5.91 Å². The van der Waals surface area contributed by atoms with Gasteiger partial charge in [-0.1, -0.05) is 39.0 Å². The lowest BCUT2D eigenvalue weighted by molar-refractivity contribution is -0.128. The summed E-state index contributed by atoms with van der Waals surface area (Å²) in [4.78, 5) is 16.7. The van der Waals surface area contributed by atoms with Crippen molar-refractivity contribution in [1.29, 1.82) is 0 Å². The molecule has 1 aromatic rings. The fourth-order valence-corrected chi connectivity index (χ4v) is 4.16. The second-order valence-corrected chi connectivity index (χ2v) is 9.20. The lowest BCUT2D eigenvalue weighted by Gasteiger charge is -2.40. The Kier molecular flexibility index (Phi) is 8.82. The molecular formula is C23H37IN4O2. The Morgan fingerprint density at radius 3 is 2.57 bits per heavy atom. The number of carbonyl (C=O) groups excluding carboxylic acids is 1. The molecule has 168 valence electrons. The second kappa shape index (κ2) is 10.7. The fraction of sp³-hybridized carbons (Fsp3) is 0.652. The van der Waals surface area contributed by atoms with E-state index >= 15 is 0 Å². The summed E-state index contributed by atoms with van der Waals surface area (Å²) in [5.41, 5.74) is 0.759. The Hall–Kier alpha value is -1.51. The molecule has 6 nitrogen and oxygen atoms in total. The van der Waals surface area contributed by atoms with Gasteiger partial charge in [0.25, 0.3) is 0 Å². The molecule has 0 bridgehead atoms. The van der Waals surface area contributed by atoms with E-state index in [9.17, 15) is 4.79 Å². The summed E-state index contributed by atoms with van der Waals surface area (Å²) in [5, 5.41) is 9.93. The van der Waals surface area contributed by atoms with Crippen molar-refractivity contribution < 1.29 is 9.53 Å². The van der Waals surface area contributed by atoms with Crippen LogP contribution in [0.3, 0.4) is 0 Å². The molecule has 1 fully saturated rings. The number of ether oxygens (including phenoxy) is 1. The van der Waals surface area contributed by atoms with Crippen LogP contribution in [0.4, 0.5) is 0 Å². The molecule has 2 aliphatic rings. The van der Waals surface area contributed by atoms with Gasteiger partial charge >= 0.3 is 0 Å². The lowest BCUT2D eigenvalue weighted by atomic mass is 9.86. The highest BCUT2D eigenvalue weighted by Gasteiger charge is 2.43. The Bertz CT molecular complexity index is 739. The standard InChI is InChI=1S/C23H36N4O2.HI/c1-5-24-21(26-15-14-25-20(28)22(2,3)4)27-18-16-23(12-8-9-13-23)29-19-11-7-6-10-17(18)19;/h6-7,10-11,18H,5,8-9,12-16H2,1-4H3,(H,25,28)(H2,24,26,27);1H. The highest BCUT2D eigenvalue weighted by molar-refractivity contribution is 14.0. The van der Waals surface area contributed by atoms with Gasteiger partial charge in [-0.05, 0) is 38.7 Å². The first kappa shape index (κ1) is 24.8. The number of para-hydroxylation sites is 1. The minimum absolute atomic E-state index is 0. The molecule has 1 heterocycles. The number of hydrogen-bond donors (Lipinski definition) is 3. The van der Waals surface area contributed by atoms with Crippen LogP contribution in [0.2, 0.25) is 0 Å². The Labute approximate surface area is 198 Å². The van der Waals surface area contributed by atoms with Gasteiger partial charge in [0.15, 0.2) is 5.96 Å². The van der Waals surface area contributed by atoms with Gasteiger partial charge in [-0.15, -0.1) is 24.0 Å². The van der Waals surface area contributed by atoms with Crippen LogP contribution >= 0.6 is 24.0 Å². The summed E-state index contributed by atoms with van der Waals surface area (Å²) in [6.45, 7) is 9.66. The van der Waals surface area contributed by atoms with Crippen LogP contribution in [0.25, 0.3) is 0 Å². The number of aliphatic imine (C=N–C) groups is 1. The number of guanidine groups is 1. The van der Waals surface area contributed by atoms with Gasteiger partial charge in [-0.2, -0.15) is 0 Å². The third kappa shape index (κ3) is 6.25. The normalized spacial score (nSPS) is 20.0. The molecule has 1 amide bonds. The third-order valence-electron chi connectivity index (χ3n) is 5.72. The highest BCUT2D eigenvalue weighted by atomic mass is 127. The van der Waals surface area contributed by atoms with Crippen molar-refractivity contribution in [3.63, 3.8) is 0 Å². The summed E-state index contributed by atoms with van der Waals surface area (Å²) >= 11 is 0. The Balaban J connectivity index is 0.00000320. The Morgan fingerprint density at radius 1 is 1.20 bits per heavy atom. The van der Waals surface area contributed by atoms with Gasteiger partial charge in [0.05, 0.1) is 12.6 Å². The summed E-state index contributed by atoms with van der Waals surface area (Å²) in [7, 11) is 0. The zero-order valence-corrected chi connectivity index (χ0v) is 21.0. The van der Waals surface area contributed by atoms with Gasteiger partial charge in [0, 0.05) is 30.5 Å². The van der Waals surface area contributed by atoms with E-state index in [0.29, 0.717) is 13.1 Å². The van der Waals surface area contributed by atoms with E-state index in [2.05, 4.69) is 46.1 Å². The molecule has 3 N–H and O–H groups in total. The lowest BCUT2D eigenvalue weighted by Crippen LogP contribution is -2.47. The van der Waals surface area contributed by atoms with Crippen LogP contribution < -0.4 is 20.7 Å². The largest absolute Gasteiger partial charge is 0.487 e. The topological polar surface area (TPSA) is 74.8 Å². The van der Waals surface area contributed by atoms with Crippen LogP contribution in [0, 0.1) is 5.41 Å². The van der Waals surface area contributed by atoms with E-state index in [0.717, 1.165) is 37.5 Å². The third-order valence-corrected chi connectivity index (χ3v) is 5.72. The molecule has 0 radical (unpaired) electrons. The zero-order valence-electron chi connectivity index (χ0n) is 18.7. The van der Waals surface area contributed by atoms with Gasteiger partial charge in [0.1, 0.15) is 11.4 Å². The maximum atomic E-state index is 12.0. The molecule has 1 aliphatic heterocycles. The van der Waals surface area contributed by atoms with E-state index in [1.54, 1.807) is 0 Å². The SMILES string of the molecule is CCNC(=NCCNC(=O)C(C)(C)C)NC1CC2(CCCC2)Oc2ccccc21.I. The smallest absolute Gasteiger partial charge is 0.225 e. The monoisotopic (exact) mass is 528 g/mol. The molecule has 1 spiro atoms. The molecule has 7 heteroatoms. The van der Waals surface area contributed by atoms with Crippen molar-refractivity contribution in [1.82, 2.24) is 16.0 Å². The summed E-state index contributed by atoms with van der Waals surface area (Å²) in [6.07, 6.45) is 5.65. The number of halogens is 1. The molecule has 1 saturated carbocycles. The molecule has 1 aliphatic carbocycles. The van der Waals surface area contributed by atoms with E-state index in [1.165, 1.54) is 18.4 Å². The van der Waals surface area contributed by atoms with Crippen molar-refractivity contribution in [2.75, 3.05) is 19.6 Å². The number of benzene rings is 1. The molecular weight excluding hydrogens is 491 g/mol. The van der Waals surface area contributed by atoms with Crippen molar-refractivity contribution in [2.45, 2.75) is 71.4 Å². The maximum absolute atomic E-state index is 12.0. The first-order chi connectivity index (χ1) is 13.8. The van der Waals surface area contributed by atoms with E-state index in [4.69, 9.17) is 4.74 Å². The Morgan fingerprint density at radius 2 is 1.90 bits per heavy atom. The number of amides is 1. The van der Waals surface area contributed by atoms with Gasteiger partial charge < -0.3 is 20.7 Å². The molecule has 30 heavy (non-hydrogen) atoms. The zero-order chi connectivity index (χ0) is 20.9. The summed E-state index contributed by atoms with van der Waals surface area (Å²) < 4.78 is 6.46. The number of nitrogens with one attached hydrogen (secondary N) is 3.